The summed E-state index contributed by atoms with van der Waals surface area (Å²) >= 11 is 3.34. The Bertz CT molecular complexity index is 1090. The van der Waals surface area contributed by atoms with Crippen molar-refractivity contribution in [1.29, 1.82) is 0 Å². The molecular weight excluding hydrogens is 468 g/mol. The molecule has 3 aromatic rings. The van der Waals surface area contributed by atoms with Crippen LogP contribution in [0.3, 0.4) is 0 Å². The predicted octanol–water partition coefficient (Wildman–Crippen LogP) is 6.73. The molecule has 1 saturated carbocycles. The van der Waals surface area contributed by atoms with Gasteiger partial charge in [-0.2, -0.15) is 0 Å². The fourth-order valence-electron chi connectivity index (χ4n) is 3.58. The first-order chi connectivity index (χ1) is 15.7. The molecule has 32 heavy (non-hydrogen) atoms. The number of nitrogens with zero attached hydrogens (tertiary/aromatic N) is 3. The highest BCUT2D eigenvalue weighted by molar-refractivity contribution is 9.10. The Kier molecular flexibility index (Phi) is 7.51. The normalized spacial score (nSPS) is 14.3. The number of methoxy groups -OCH3 is 1. The van der Waals surface area contributed by atoms with E-state index in [0.29, 0.717) is 5.95 Å². The highest BCUT2D eigenvalue weighted by Crippen LogP contribution is 2.35. The summed E-state index contributed by atoms with van der Waals surface area (Å²) in [6, 6.07) is 13.7. The first kappa shape index (κ1) is 22.0. The van der Waals surface area contributed by atoms with Crippen molar-refractivity contribution in [2.24, 2.45) is 4.99 Å². The Hall–Kier alpha value is -3.19. The van der Waals surface area contributed by atoms with Crippen LogP contribution >= 0.6 is 15.9 Å². The van der Waals surface area contributed by atoms with Crippen LogP contribution in [0.2, 0.25) is 0 Å². The number of hydrogen-bond donors (Lipinski definition) is 1. The van der Waals surface area contributed by atoms with Crippen LogP contribution in [-0.4, -0.2) is 29.4 Å². The van der Waals surface area contributed by atoms with Gasteiger partial charge in [-0.3, -0.25) is 4.99 Å². The largest absolute Gasteiger partial charge is 0.493 e. The van der Waals surface area contributed by atoms with Crippen molar-refractivity contribution < 1.29 is 9.47 Å². The third-order valence-corrected chi connectivity index (χ3v) is 5.57. The van der Waals surface area contributed by atoms with Gasteiger partial charge < -0.3 is 14.8 Å². The van der Waals surface area contributed by atoms with Crippen LogP contribution in [-0.2, 0) is 0 Å². The lowest BCUT2D eigenvalue weighted by molar-refractivity contribution is 0.200. The molecule has 4 rings (SSSR count). The minimum absolute atomic E-state index is 0.255. The minimum Gasteiger partial charge on any atom is -0.493 e. The number of aromatic nitrogens is 2. The first-order valence-electron chi connectivity index (χ1n) is 10.6. The Morgan fingerprint density at radius 1 is 1.06 bits per heavy atom. The average molecular weight is 493 g/mol. The molecule has 0 radical (unpaired) electrons. The van der Waals surface area contributed by atoms with Gasteiger partial charge in [-0.1, -0.05) is 24.3 Å². The van der Waals surface area contributed by atoms with E-state index in [1.54, 1.807) is 25.7 Å². The zero-order chi connectivity index (χ0) is 22.2. The molecule has 1 aliphatic rings. The molecule has 1 N–H and O–H groups in total. The topological polar surface area (TPSA) is 68.6 Å². The number of halogens is 1. The van der Waals surface area contributed by atoms with E-state index in [1.165, 1.54) is 12.8 Å². The second-order valence-electron chi connectivity index (χ2n) is 7.41. The van der Waals surface area contributed by atoms with Crippen molar-refractivity contribution in [3.05, 3.63) is 71.0 Å². The summed E-state index contributed by atoms with van der Waals surface area (Å²) in [5.74, 6) is 2.05. The molecule has 0 unspecified atom stereocenters. The molecule has 7 heteroatoms. The molecule has 0 amide bonds. The zero-order valence-electron chi connectivity index (χ0n) is 17.9. The number of ether oxygens (including phenoxy) is 2. The fourth-order valence-corrected chi connectivity index (χ4v) is 3.79. The zero-order valence-corrected chi connectivity index (χ0v) is 19.5. The second-order valence-corrected chi connectivity index (χ2v) is 8.32. The summed E-state index contributed by atoms with van der Waals surface area (Å²) in [6.07, 6.45) is 13.9. The van der Waals surface area contributed by atoms with Gasteiger partial charge in [-0.25, -0.2) is 9.97 Å². The van der Waals surface area contributed by atoms with Gasteiger partial charge in [0.15, 0.2) is 11.5 Å². The quantitative estimate of drug-likeness (QED) is 0.353. The molecule has 6 nitrogen and oxygen atoms in total. The van der Waals surface area contributed by atoms with Crippen molar-refractivity contribution in [3.63, 3.8) is 0 Å². The number of para-hydroxylation sites is 3. The lowest BCUT2D eigenvalue weighted by Crippen LogP contribution is -2.12. The fraction of sp³-hybridized carbons (Fsp3) is 0.240. The summed E-state index contributed by atoms with van der Waals surface area (Å²) in [7, 11) is 1.67. The Balaban J connectivity index is 1.50. The van der Waals surface area contributed by atoms with Crippen LogP contribution < -0.4 is 14.8 Å². The number of benzene rings is 2. The van der Waals surface area contributed by atoms with E-state index in [1.807, 2.05) is 54.6 Å². The molecular formula is C25H25BrN4O2. The molecule has 1 heterocycles. The van der Waals surface area contributed by atoms with Gasteiger partial charge in [-0.15, -0.1) is 0 Å². The Morgan fingerprint density at radius 3 is 2.62 bits per heavy atom. The highest BCUT2D eigenvalue weighted by atomic mass is 79.9. The van der Waals surface area contributed by atoms with Crippen LogP contribution in [0.4, 0.5) is 17.3 Å². The number of allylic oxidation sites excluding steroid dienone is 1. The van der Waals surface area contributed by atoms with Crippen molar-refractivity contribution >= 4 is 45.5 Å². The summed E-state index contributed by atoms with van der Waals surface area (Å²) in [6.45, 7) is 0. The summed E-state index contributed by atoms with van der Waals surface area (Å²) in [5.41, 5.74) is 2.58. The van der Waals surface area contributed by atoms with Crippen molar-refractivity contribution in [1.82, 2.24) is 9.97 Å². The van der Waals surface area contributed by atoms with Gasteiger partial charge in [-0.05, 0) is 72.0 Å². The summed E-state index contributed by atoms with van der Waals surface area (Å²) in [4.78, 5) is 13.1. The van der Waals surface area contributed by atoms with Gasteiger partial charge in [0.25, 0.3) is 0 Å². The van der Waals surface area contributed by atoms with E-state index < -0.39 is 0 Å². The maximum Gasteiger partial charge on any atom is 0.227 e. The molecule has 1 aromatic heterocycles. The lowest BCUT2D eigenvalue weighted by Gasteiger charge is -2.17. The summed E-state index contributed by atoms with van der Waals surface area (Å²) < 4.78 is 12.7. The smallest absolute Gasteiger partial charge is 0.227 e. The van der Waals surface area contributed by atoms with Crippen molar-refractivity contribution in [3.8, 4) is 11.5 Å². The van der Waals surface area contributed by atoms with Crippen molar-refractivity contribution in [2.45, 2.75) is 31.8 Å². The molecule has 0 saturated heterocycles. The van der Waals surface area contributed by atoms with E-state index in [-0.39, 0.29) is 6.10 Å². The van der Waals surface area contributed by atoms with Crippen LogP contribution in [0, 0.1) is 0 Å². The van der Waals surface area contributed by atoms with Gasteiger partial charge >= 0.3 is 0 Å². The van der Waals surface area contributed by atoms with E-state index in [0.717, 1.165) is 45.8 Å². The molecule has 0 atom stereocenters. The molecule has 2 aromatic carbocycles. The first-order valence-corrected chi connectivity index (χ1v) is 11.4. The van der Waals surface area contributed by atoms with E-state index in [2.05, 4.69) is 36.2 Å². The van der Waals surface area contributed by atoms with E-state index >= 15 is 0 Å². The number of aliphatic imine (C=N–C) groups is 1. The number of rotatable bonds is 8. The molecule has 0 bridgehead atoms. The number of nitrogens with one attached hydrogen (secondary N) is 1. The SMILES string of the molecule is COc1cccc(C=CC=Nc2ccccc2Nc2ncc(Br)cn2)c1OC1CCCC1. The molecule has 0 spiro atoms. The van der Waals surface area contributed by atoms with Gasteiger partial charge in [0.1, 0.15) is 0 Å². The average Bonchev–Trinajstić information content (AvgIpc) is 3.33. The molecule has 164 valence electrons. The van der Waals surface area contributed by atoms with Crippen LogP contribution in [0.1, 0.15) is 31.2 Å². The predicted molar refractivity (Wildman–Crippen MR) is 133 cm³/mol. The minimum atomic E-state index is 0.255. The van der Waals surface area contributed by atoms with E-state index in [4.69, 9.17) is 9.47 Å². The Labute approximate surface area is 196 Å². The Morgan fingerprint density at radius 2 is 1.84 bits per heavy atom. The maximum absolute atomic E-state index is 6.29. The van der Waals surface area contributed by atoms with Crippen molar-refractivity contribution in [2.75, 3.05) is 12.4 Å². The third kappa shape index (κ3) is 5.73. The molecule has 1 fully saturated rings. The number of anilines is 2. The molecule has 0 aliphatic heterocycles. The third-order valence-electron chi connectivity index (χ3n) is 5.16. The van der Waals surface area contributed by atoms with Gasteiger partial charge in [0.05, 0.1) is 29.1 Å². The highest BCUT2D eigenvalue weighted by Gasteiger charge is 2.19. The summed E-state index contributed by atoms with van der Waals surface area (Å²) in [5, 5.41) is 3.21. The standard InChI is InChI=1S/C25H25BrN4O2/c1-31-23-14-6-8-18(24(23)32-20-10-2-3-11-20)9-7-15-27-21-12-4-5-13-22(21)30-25-28-16-19(26)17-29-25/h4-9,12-17,20H,2-3,10-11H2,1H3,(H,28,29,30). The monoisotopic (exact) mass is 492 g/mol. The number of hydrogen-bond acceptors (Lipinski definition) is 6. The molecule has 1 aliphatic carbocycles. The van der Waals surface area contributed by atoms with Gasteiger partial charge in [0.2, 0.25) is 5.95 Å². The van der Waals surface area contributed by atoms with E-state index in [9.17, 15) is 0 Å². The van der Waals surface area contributed by atoms with Crippen LogP contribution in [0.25, 0.3) is 6.08 Å². The lowest BCUT2D eigenvalue weighted by atomic mass is 10.1. The van der Waals surface area contributed by atoms with Gasteiger partial charge in [0, 0.05) is 24.2 Å². The van der Waals surface area contributed by atoms with Crippen LogP contribution in [0.15, 0.2) is 70.4 Å². The maximum atomic E-state index is 6.29. The second kappa shape index (κ2) is 10.9. The van der Waals surface area contributed by atoms with Crippen LogP contribution in [0.5, 0.6) is 11.5 Å².